The maximum absolute atomic E-state index is 11.9. The molecule has 20 heavy (non-hydrogen) atoms. The number of carbonyl (C=O) groups is 1. The molecule has 2 rings (SSSR count). The van der Waals surface area contributed by atoms with Crippen molar-refractivity contribution >= 4 is 12.2 Å². The molecule has 0 saturated carbocycles. The van der Waals surface area contributed by atoms with Gasteiger partial charge in [-0.25, -0.2) is 4.79 Å². The van der Waals surface area contributed by atoms with Gasteiger partial charge in [-0.05, 0) is 54.1 Å². The zero-order valence-corrected chi connectivity index (χ0v) is 10.9. The molecule has 2 N–H and O–H groups in total. The number of hydrogen-bond donors (Lipinski definition) is 1. The van der Waals surface area contributed by atoms with Crippen LogP contribution in [0.2, 0.25) is 0 Å². The summed E-state index contributed by atoms with van der Waals surface area (Å²) in [4.78, 5) is 11.9. The highest BCUT2D eigenvalue weighted by atomic mass is 16.5. The monoisotopic (exact) mass is 270 g/mol. The zero-order valence-electron chi connectivity index (χ0n) is 10.9. The molecule has 0 amide bonds. The number of esters is 1. The van der Waals surface area contributed by atoms with Gasteiger partial charge in [0.25, 0.3) is 0 Å². The van der Waals surface area contributed by atoms with Crippen molar-refractivity contribution in [2.24, 2.45) is 10.9 Å². The molecule has 5 heteroatoms. The van der Waals surface area contributed by atoms with E-state index in [1.54, 1.807) is 55.6 Å². The molecule has 5 nitrogen and oxygen atoms in total. The van der Waals surface area contributed by atoms with Crippen LogP contribution in [0.1, 0.15) is 15.9 Å². The Morgan fingerprint density at radius 3 is 2.20 bits per heavy atom. The van der Waals surface area contributed by atoms with E-state index in [0.717, 1.165) is 5.56 Å². The van der Waals surface area contributed by atoms with E-state index >= 15 is 0 Å². The van der Waals surface area contributed by atoms with E-state index in [-0.39, 0.29) is 0 Å². The molecular weight excluding hydrogens is 256 g/mol. The lowest BCUT2D eigenvalue weighted by Crippen LogP contribution is -2.08. The van der Waals surface area contributed by atoms with Gasteiger partial charge in [-0.15, -0.1) is 0 Å². The quantitative estimate of drug-likeness (QED) is 0.304. The first-order valence-corrected chi connectivity index (χ1v) is 5.92. The Morgan fingerprint density at radius 2 is 1.65 bits per heavy atom. The fraction of sp³-hybridized carbons (Fsp3) is 0.0667. The van der Waals surface area contributed by atoms with Crippen molar-refractivity contribution in [2.75, 3.05) is 7.11 Å². The van der Waals surface area contributed by atoms with Crippen LogP contribution in [0.4, 0.5) is 0 Å². The van der Waals surface area contributed by atoms with Gasteiger partial charge in [0, 0.05) is 0 Å². The van der Waals surface area contributed by atoms with Crippen molar-refractivity contribution < 1.29 is 14.3 Å². The summed E-state index contributed by atoms with van der Waals surface area (Å²) in [6.07, 6.45) is 1.51. The minimum absolute atomic E-state index is 0.423. The molecule has 0 aliphatic carbocycles. The second-order valence-electron chi connectivity index (χ2n) is 3.97. The highest BCUT2D eigenvalue weighted by Crippen LogP contribution is 2.16. The lowest BCUT2D eigenvalue weighted by Gasteiger charge is -2.05. The maximum atomic E-state index is 11.9. The highest BCUT2D eigenvalue weighted by molar-refractivity contribution is 5.91. The van der Waals surface area contributed by atoms with Crippen molar-refractivity contribution in [1.29, 1.82) is 0 Å². The van der Waals surface area contributed by atoms with E-state index in [1.165, 1.54) is 6.21 Å². The molecule has 0 heterocycles. The third kappa shape index (κ3) is 3.35. The smallest absolute Gasteiger partial charge is 0.343 e. The third-order valence-corrected chi connectivity index (χ3v) is 2.64. The van der Waals surface area contributed by atoms with Crippen LogP contribution in [0.5, 0.6) is 11.5 Å². The summed E-state index contributed by atoms with van der Waals surface area (Å²) in [6, 6.07) is 13.6. The standard InChI is InChI=1S/C15H14N2O3/c1-19-13-8-4-12(5-9-13)15(18)20-14-6-2-11(3-7-14)10-17-16/h2-10H,16H2,1H3/b17-10+. The van der Waals surface area contributed by atoms with Gasteiger partial charge in [-0.2, -0.15) is 5.10 Å². The van der Waals surface area contributed by atoms with Crippen LogP contribution >= 0.6 is 0 Å². The second-order valence-corrected chi connectivity index (χ2v) is 3.97. The fourth-order valence-electron chi connectivity index (χ4n) is 1.60. The molecule has 2 aromatic carbocycles. The summed E-state index contributed by atoms with van der Waals surface area (Å²) in [5.41, 5.74) is 1.29. The predicted octanol–water partition coefficient (Wildman–Crippen LogP) is 2.21. The van der Waals surface area contributed by atoms with Crippen molar-refractivity contribution in [2.45, 2.75) is 0 Å². The van der Waals surface area contributed by atoms with Crippen LogP contribution < -0.4 is 15.3 Å². The number of nitrogens with two attached hydrogens (primary N) is 1. The highest BCUT2D eigenvalue weighted by Gasteiger charge is 2.08. The lowest BCUT2D eigenvalue weighted by molar-refractivity contribution is 0.0734. The minimum Gasteiger partial charge on any atom is -0.497 e. The molecule has 0 fully saturated rings. The molecular formula is C15H14N2O3. The number of rotatable bonds is 4. The number of benzene rings is 2. The zero-order chi connectivity index (χ0) is 14.4. The van der Waals surface area contributed by atoms with E-state index in [9.17, 15) is 4.79 Å². The molecule has 0 atom stereocenters. The van der Waals surface area contributed by atoms with E-state index < -0.39 is 5.97 Å². The first-order chi connectivity index (χ1) is 9.72. The van der Waals surface area contributed by atoms with Crippen molar-refractivity contribution in [3.05, 3.63) is 59.7 Å². The van der Waals surface area contributed by atoms with Crippen LogP contribution in [-0.2, 0) is 0 Å². The largest absolute Gasteiger partial charge is 0.497 e. The molecule has 0 aliphatic rings. The molecule has 0 saturated heterocycles. The van der Waals surface area contributed by atoms with Crippen LogP contribution in [0, 0.1) is 0 Å². The van der Waals surface area contributed by atoms with Crippen molar-refractivity contribution in [3.8, 4) is 11.5 Å². The average Bonchev–Trinajstić information content (AvgIpc) is 2.49. The summed E-state index contributed by atoms with van der Waals surface area (Å²) < 4.78 is 10.3. The summed E-state index contributed by atoms with van der Waals surface area (Å²) in [7, 11) is 1.57. The topological polar surface area (TPSA) is 73.9 Å². The van der Waals surface area contributed by atoms with Crippen molar-refractivity contribution in [3.63, 3.8) is 0 Å². The maximum Gasteiger partial charge on any atom is 0.343 e. The molecule has 2 aromatic rings. The Balaban J connectivity index is 2.06. The molecule has 0 aromatic heterocycles. The third-order valence-electron chi connectivity index (χ3n) is 2.64. The number of nitrogens with zero attached hydrogens (tertiary/aromatic N) is 1. The number of hydrogen-bond acceptors (Lipinski definition) is 5. The van der Waals surface area contributed by atoms with Crippen molar-refractivity contribution in [1.82, 2.24) is 0 Å². The molecule has 0 bridgehead atoms. The van der Waals surface area contributed by atoms with Gasteiger partial charge in [-0.1, -0.05) is 0 Å². The van der Waals surface area contributed by atoms with Gasteiger partial charge >= 0.3 is 5.97 Å². The van der Waals surface area contributed by atoms with E-state index in [2.05, 4.69) is 5.10 Å². The van der Waals surface area contributed by atoms with Crippen LogP contribution in [-0.4, -0.2) is 19.3 Å². The number of hydrazone groups is 1. The van der Waals surface area contributed by atoms with Crippen LogP contribution in [0.3, 0.4) is 0 Å². The second kappa shape index (κ2) is 6.38. The summed E-state index contributed by atoms with van der Waals surface area (Å²) in [5, 5.41) is 3.42. The minimum atomic E-state index is -0.423. The fourth-order valence-corrected chi connectivity index (χ4v) is 1.60. The number of ether oxygens (including phenoxy) is 2. The van der Waals surface area contributed by atoms with Gasteiger partial charge in [0.15, 0.2) is 0 Å². The Hall–Kier alpha value is -2.82. The first-order valence-electron chi connectivity index (χ1n) is 5.92. The number of methoxy groups -OCH3 is 1. The lowest BCUT2D eigenvalue weighted by atomic mass is 10.2. The Labute approximate surface area is 116 Å². The van der Waals surface area contributed by atoms with Gasteiger partial charge < -0.3 is 15.3 Å². The Kier molecular flexibility index (Phi) is 4.34. The molecule has 0 aliphatic heterocycles. The van der Waals surface area contributed by atoms with Gasteiger partial charge in [0.1, 0.15) is 11.5 Å². The average molecular weight is 270 g/mol. The van der Waals surface area contributed by atoms with Crippen LogP contribution in [0.15, 0.2) is 53.6 Å². The predicted molar refractivity (Wildman–Crippen MR) is 76.2 cm³/mol. The molecule has 0 radical (unpaired) electrons. The molecule has 0 unspecified atom stereocenters. The first kappa shape index (κ1) is 13.6. The summed E-state index contributed by atoms with van der Waals surface area (Å²) in [6.45, 7) is 0. The Morgan fingerprint density at radius 1 is 1.05 bits per heavy atom. The van der Waals surface area contributed by atoms with Crippen LogP contribution in [0.25, 0.3) is 0 Å². The molecule has 0 spiro atoms. The number of carbonyl (C=O) groups excluding carboxylic acids is 1. The van der Waals surface area contributed by atoms with Gasteiger partial charge in [-0.3, -0.25) is 0 Å². The van der Waals surface area contributed by atoms with E-state index in [1.807, 2.05) is 0 Å². The van der Waals surface area contributed by atoms with E-state index in [0.29, 0.717) is 17.1 Å². The summed E-state index contributed by atoms with van der Waals surface area (Å²) >= 11 is 0. The van der Waals surface area contributed by atoms with Gasteiger partial charge in [0.05, 0.1) is 18.9 Å². The normalized spacial score (nSPS) is 10.4. The SMILES string of the molecule is COc1ccc(C(=O)Oc2ccc(/C=N/N)cc2)cc1. The van der Waals surface area contributed by atoms with E-state index in [4.69, 9.17) is 15.3 Å². The summed E-state index contributed by atoms with van der Waals surface area (Å²) in [5.74, 6) is 5.77. The van der Waals surface area contributed by atoms with Gasteiger partial charge in [0.2, 0.25) is 0 Å². The molecule has 102 valence electrons. The Bertz CT molecular complexity index is 604.